The Morgan fingerprint density at radius 2 is 1.80 bits per heavy atom. The van der Waals surface area contributed by atoms with Gasteiger partial charge in [0.1, 0.15) is 34.8 Å². The lowest BCUT2D eigenvalue weighted by atomic mass is 10.0. The van der Waals surface area contributed by atoms with Crippen LogP contribution >= 0.6 is 11.3 Å². The highest BCUT2D eigenvalue weighted by Gasteiger charge is 2.62. The van der Waals surface area contributed by atoms with Crippen LogP contribution in [0.25, 0.3) is 33.5 Å². The number of alkyl halides is 3. The Kier molecular flexibility index (Phi) is 10.5. The number of nitrogens with zero attached hydrogens (tertiary/aromatic N) is 4. The van der Waals surface area contributed by atoms with E-state index in [0.29, 0.717) is 29.3 Å². The van der Waals surface area contributed by atoms with Crippen molar-refractivity contribution in [1.29, 1.82) is 0 Å². The second kappa shape index (κ2) is 15.4. The number of carboxylic acids is 1. The van der Waals surface area contributed by atoms with Gasteiger partial charge in [0.2, 0.25) is 27.4 Å². The lowest BCUT2D eigenvalue weighted by Gasteiger charge is -2.31. The fourth-order valence-corrected chi connectivity index (χ4v) is 9.49. The van der Waals surface area contributed by atoms with Crippen LogP contribution in [0.4, 0.5) is 18.3 Å². The summed E-state index contributed by atoms with van der Waals surface area (Å²) in [7, 11) is -3.99. The highest BCUT2D eigenvalue weighted by molar-refractivity contribution is 7.91. The predicted octanol–water partition coefficient (Wildman–Crippen LogP) is 5.37. The zero-order valence-electron chi connectivity index (χ0n) is 32.4. The van der Waals surface area contributed by atoms with E-state index in [9.17, 15) is 45.9 Å². The summed E-state index contributed by atoms with van der Waals surface area (Å²) in [6.45, 7) is 7.00. The number of ether oxygens (including phenoxy) is 1. The molecule has 3 aromatic heterocycles. The Balaban J connectivity index is 1.14. The molecule has 5 aromatic rings. The van der Waals surface area contributed by atoms with E-state index in [0.717, 1.165) is 23.5 Å². The van der Waals surface area contributed by atoms with Gasteiger partial charge in [-0.3, -0.25) is 19.1 Å². The number of thiazole rings is 1. The molecule has 2 saturated carbocycles. The van der Waals surface area contributed by atoms with Gasteiger partial charge in [0.25, 0.3) is 11.8 Å². The maximum absolute atomic E-state index is 14.6. The van der Waals surface area contributed by atoms with Crippen LogP contribution in [0.2, 0.25) is 0 Å². The first-order chi connectivity index (χ1) is 28.9. The van der Waals surface area contributed by atoms with E-state index in [1.165, 1.54) is 28.5 Å². The number of likely N-dealkylation sites (tertiary alicyclic amines) is 1. The topological polar surface area (TPSA) is 223 Å². The molecule has 0 bridgehead atoms. The summed E-state index contributed by atoms with van der Waals surface area (Å²) in [6.07, 6.45) is -3.44. The van der Waals surface area contributed by atoms with Crippen molar-refractivity contribution in [1.82, 2.24) is 29.9 Å². The first kappa shape index (κ1) is 41.6. The lowest BCUT2D eigenvalue weighted by molar-refractivity contribution is -0.140. The van der Waals surface area contributed by atoms with E-state index >= 15 is 0 Å². The maximum Gasteiger partial charge on any atom is 0.416 e. The quantitative estimate of drug-likeness (QED) is 0.103. The molecule has 3 amide bonds. The molecule has 21 heteroatoms. The number of carboxylic acid groups (broad SMARTS) is 1. The van der Waals surface area contributed by atoms with Crippen molar-refractivity contribution in [2.24, 2.45) is 11.8 Å². The Morgan fingerprint density at radius 3 is 2.43 bits per heavy atom. The van der Waals surface area contributed by atoms with Gasteiger partial charge in [-0.15, -0.1) is 17.9 Å². The number of para-hydroxylation sites is 1. The van der Waals surface area contributed by atoms with Crippen molar-refractivity contribution >= 4 is 72.3 Å². The average molecular weight is 882 g/mol. The van der Waals surface area contributed by atoms with E-state index in [2.05, 4.69) is 36.9 Å². The van der Waals surface area contributed by atoms with Gasteiger partial charge in [-0.25, -0.2) is 23.2 Å². The summed E-state index contributed by atoms with van der Waals surface area (Å²) in [4.78, 5) is 68.7. The first-order valence-electron chi connectivity index (χ1n) is 19.2. The molecular weight excluding hydrogens is 844 g/mol. The van der Waals surface area contributed by atoms with Crippen LogP contribution in [0.3, 0.4) is 0 Å². The van der Waals surface area contributed by atoms with Gasteiger partial charge >= 0.3 is 12.1 Å². The number of nitrogens with one attached hydrogen (secondary N) is 3. The van der Waals surface area contributed by atoms with Crippen molar-refractivity contribution in [3.63, 3.8) is 0 Å². The maximum atomic E-state index is 14.6. The molecule has 3 aliphatic rings. The normalized spacial score (nSPS) is 21.9. The third-order valence-corrected chi connectivity index (χ3v) is 13.6. The second-order valence-electron chi connectivity index (χ2n) is 15.6. The Hall–Kier alpha value is -6.09. The van der Waals surface area contributed by atoms with E-state index in [1.807, 2.05) is 0 Å². The van der Waals surface area contributed by atoms with Crippen molar-refractivity contribution in [3.05, 3.63) is 77.8 Å². The summed E-state index contributed by atoms with van der Waals surface area (Å²) in [5, 5.41) is 16.4. The van der Waals surface area contributed by atoms with E-state index in [1.54, 1.807) is 38.1 Å². The van der Waals surface area contributed by atoms with Crippen molar-refractivity contribution in [2.45, 2.75) is 74.7 Å². The number of hydrogen-bond donors (Lipinski definition) is 4. The largest absolute Gasteiger partial charge is 0.476 e. The third kappa shape index (κ3) is 8.10. The highest BCUT2D eigenvalue weighted by atomic mass is 32.2. The minimum atomic E-state index is -4.58. The number of hydrogen-bond acceptors (Lipinski definition) is 13. The molecule has 1 saturated heterocycles. The van der Waals surface area contributed by atoms with Gasteiger partial charge < -0.3 is 29.8 Å². The number of sulfonamides is 1. The molecule has 320 valence electrons. The van der Waals surface area contributed by atoms with Gasteiger partial charge in [-0.2, -0.15) is 18.2 Å². The van der Waals surface area contributed by atoms with Gasteiger partial charge in [-0.1, -0.05) is 44.2 Å². The number of carbonyl (C=O) groups is 4. The summed E-state index contributed by atoms with van der Waals surface area (Å²) in [5.74, 6) is -4.73. The summed E-state index contributed by atoms with van der Waals surface area (Å²) in [6, 6.07) is 8.82. The number of benzene rings is 2. The zero-order chi connectivity index (χ0) is 43.6. The minimum Gasteiger partial charge on any atom is -0.476 e. The number of rotatable bonds is 14. The van der Waals surface area contributed by atoms with Crippen LogP contribution in [0, 0.1) is 11.8 Å². The molecule has 1 aliphatic heterocycles. The molecule has 3 fully saturated rings. The van der Waals surface area contributed by atoms with E-state index < -0.39 is 86.3 Å². The summed E-state index contributed by atoms with van der Waals surface area (Å²) >= 11 is 0.969. The van der Waals surface area contributed by atoms with Crippen LogP contribution in [-0.2, 0) is 30.6 Å². The number of amides is 3. The van der Waals surface area contributed by atoms with Crippen LogP contribution in [0.15, 0.2) is 71.0 Å². The smallest absolute Gasteiger partial charge is 0.416 e. The fraction of sp³-hybridized carbons (Fsp3) is 0.375. The molecule has 2 aromatic carbocycles. The Morgan fingerprint density at radius 1 is 1.08 bits per heavy atom. The lowest BCUT2D eigenvalue weighted by Crippen LogP contribution is -2.58. The average Bonchev–Trinajstić information content (AvgIpc) is 4.05. The van der Waals surface area contributed by atoms with Gasteiger partial charge in [0, 0.05) is 28.7 Å². The van der Waals surface area contributed by atoms with Gasteiger partial charge in [-0.05, 0) is 49.4 Å². The SMILES string of the molecule is C=C[C@@H]1C[C@]1(NC(=O)[C@@H]1C[C@@H](Oc2nc(-c3ccc(C(F)(F)F)cc3)nc3c2oc2ccccc23)CN1C(=O)[C@@H](Nc1nc(C(=O)O)cs1)C(C)C)C(=O)NS(=O)(=O)C1CC1. The third-order valence-electron chi connectivity index (χ3n) is 11.0. The van der Waals surface area contributed by atoms with Crippen LogP contribution in [0.5, 0.6) is 5.88 Å². The zero-order valence-corrected chi connectivity index (χ0v) is 34.1. The Labute approximate surface area is 349 Å². The fourth-order valence-electron chi connectivity index (χ4n) is 7.40. The molecule has 4 heterocycles. The van der Waals surface area contributed by atoms with Gasteiger partial charge in [0.05, 0.1) is 17.4 Å². The summed E-state index contributed by atoms with van der Waals surface area (Å²) in [5.41, 5.74) is -1.73. The number of carbonyl (C=O) groups excluding carboxylic acids is 3. The molecule has 2 aliphatic carbocycles. The monoisotopic (exact) mass is 881 g/mol. The minimum absolute atomic E-state index is 0.00885. The number of furan rings is 1. The number of fused-ring (bicyclic) bond motifs is 3. The molecule has 5 atom stereocenters. The standard InChI is InChI=1S/C40H38F3N7O9S2/c1-4-21-16-39(21,37(55)49-61(56,57)24-13-14-24)48-33(51)27-15-23(17-50(27)35(52)29(19(2)3)46-38-44-26(18-60-38)36(53)54)58-34-31-30(25-7-5-6-8-28(25)59-31)45-32(47-34)20-9-11-22(12-10-20)40(41,42)43/h4-12,18-19,21,23-24,27,29H,1,13-17H2,2-3H3,(H,44,46)(H,48,51)(H,49,55)(H,53,54)/t21-,23-,27+,29+,39-/m1/s1. The molecule has 16 nitrogen and oxygen atoms in total. The molecule has 8 rings (SSSR count). The predicted molar refractivity (Wildman–Crippen MR) is 215 cm³/mol. The van der Waals surface area contributed by atoms with Gasteiger partial charge in [0.15, 0.2) is 16.6 Å². The van der Waals surface area contributed by atoms with E-state index in [-0.39, 0.29) is 53.1 Å². The van der Waals surface area contributed by atoms with Crippen molar-refractivity contribution in [2.75, 3.05) is 11.9 Å². The Bertz CT molecular complexity index is 2700. The van der Waals surface area contributed by atoms with Crippen molar-refractivity contribution in [3.8, 4) is 17.3 Å². The molecule has 61 heavy (non-hydrogen) atoms. The van der Waals surface area contributed by atoms with E-state index in [4.69, 9.17) is 9.15 Å². The molecule has 0 unspecified atom stereocenters. The highest BCUT2D eigenvalue weighted by Crippen LogP contribution is 2.46. The van der Waals surface area contributed by atoms with Crippen molar-refractivity contribution < 1.29 is 55.0 Å². The second-order valence-corrected chi connectivity index (χ2v) is 18.4. The van der Waals surface area contributed by atoms with Crippen LogP contribution in [-0.4, -0.2) is 92.6 Å². The number of aromatic nitrogens is 3. The first-order valence-corrected chi connectivity index (χ1v) is 21.6. The number of aromatic carboxylic acids is 1. The van der Waals surface area contributed by atoms with Crippen LogP contribution < -0.4 is 20.1 Å². The number of anilines is 1. The number of halogens is 3. The van der Waals surface area contributed by atoms with Crippen LogP contribution in [0.1, 0.15) is 55.6 Å². The molecule has 0 radical (unpaired) electrons. The summed E-state index contributed by atoms with van der Waals surface area (Å²) < 4.78 is 80.6. The molecule has 4 N–H and O–H groups in total. The molecule has 0 spiro atoms. The molecular formula is C40H38F3N7O9S2.